The van der Waals surface area contributed by atoms with Gasteiger partial charge in [0.1, 0.15) is 11.6 Å². The van der Waals surface area contributed by atoms with E-state index >= 15 is 0 Å². The minimum absolute atomic E-state index is 0.0888. The van der Waals surface area contributed by atoms with Gasteiger partial charge in [0, 0.05) is 12.5 Å². The zero-order valence-corrected chi connectivity index (χ0v) is 19.8. The first kappa shape index (κ1) is 25.9. The lowest BCUT2D eigenvalue weighted by Gasteiger charge is -2.22. The molecule has 2 aromatic rings. The molecule has 0 aromatic heterocycles. The number of amides is 2. The summed E-state index contributed by atoms with van der Waals surface area (Å²) in [6, 6.07) is 17.2. The molecule has 2 atom stereocenters. The number of nitrogens with one attached hydrogen (secondary N) is 2. The van der Waals surface area contributed by atoms with Crippen molar-refractivity contribution in [2.75, 3.05) is 6.54 Å². The Morgan fingerprint density at radius 1 is 0.970 bits per heavy atom. The number of hydrogen-bond acceptors (Lipinski definition) is 4. The molecule has 0 fully saturated rings. The number of benzene rings is 2. The van der Waals surface area contributed by atoms with E-state index in [0.29, 0.717) is 19.4 Å². The first-order valence-electron chi connectivity index (χ1n) is 11.2. The van der Waals surface area contributed by atoms with Crippen LogP contribution in [-0.2, 0) is 20.7 Å². The molecule has 0 aliphatic rings. The lowest BCUT2D eigenvalue weighted by atomic mass is 9.97. The predicted molar refractivity (Wildman–Crippen MR) is 128 cm³/mol. The van der Waals surface area contributed by atoms with Crippen molar-refractivity contribution in [3.63, 3.8) is 0 Å². The van der Waals surface area contributed by atoms with Crippen LogP contribution in [0.4, 0.5) is 4.79 Å². The van der Waals surface area contributed by atoms with Gasteiger partial charge in [0.05, 0.1) is 0 Å². The van der Waals surface area contributed by atoms with Gasteiger partial charge in [-0.05, 0) is 56.7 Å². The largest absolute Gasteiger partial charge is 0.480 e. The number of ether oxygens (including phenoxy) is 1. The van der Waals surface area contributed by atoms with Gasteiger partial charge in [-0.25, -0.2) is 9.59 Å². The minimum atomic E-state index is -1.14. The SMILES string of the molecule is C[C@H](Cc1ccc(-c2ccccc2)cc1)C(=O)NCCC[C@@H](NC(=O)OC(C)(C)C)C(=O)O. The van der Waals surface area contributed by atoms with E-state index in [1.165, 1.54) is 0 Å². The molecule has 0 unspecified atom stereocenters. The fourth-order valence-corrected chi connectivity index (χ4v) is 3.31. The molecule has 2 amide bonds. The van der Waals surface area contributed by atoms with Crippen molar-refractivity contribution < 1.29 is 24.2 Å². The zero-order chi connectivity index (χ0) is 24.4. The number of carboxylic acids is 1. The highest BCUT2D eigenvalue weighted by Gasteiger charge is 2.23. The van der Waals surface area contributed by atoms with E-state index < -0.39 is 23.7 Å². The molecule has 2 aromatic carbocycles. The second-order valence-corrected chi connectivity index (χ2v) is 9.14. The molecule has 2 rings (SSSR count). The Morgan fingerprint density at radius 3 is 2.15 bits per heavy atom. The number of hydrogen-bond donors (Lipinski definition) is 3. The molecule has 0 saturated carbocycles. The zero-order valence-electron chi connectivity index (χ0n) is 19.8. The van der Waals surface area contributed by atoms with Crippen LogP contribution in [0.3, 0.4) is 0 Å². The molecule has 7 heteroatoms. The molecular weight excluding hydrogens is 420 g/mol. The van der Waals surface area contributed by atoms with Crippen LogP contribution in [0, 0.1) is 5.92 Å². The van der Waals surface area contributed by atoms with E-state index in [0.717, 1.165) is 16.7 Å². The Labute approximate surface area is 195 Å². The van der Waals surface area contributed by atoms with Gasteiger partial charge >= 0.3 is 12.1 Å². The van der Waals surface area contributed by atoms with Crippen LogP contribution in [0.1, 0.15) is 46.1 Å². The molecule has 7 nitrogen and oxygen atoms in total. The summed E-state index contributed by atoms with van der Waals surface area (Å²) in [7, 11) is 0. The van der Waals surface area contributed by atoms with Gasteiger partial charge in [-0.3, -0.25) is 4.79 Å². The second-order valence-electron chi connectivity index (χ2n) is 9.14. The van der Waals surface area contributed by atoms with Crippen molar-refractivity contribution in [1.82, 2.24) is 10.6 Å². The number of carbonyl (C=O) groups is 3. The quantitative estimate of drug-likeness (QED) is 0.461. The van der Waals surface area contributed by atoms with E-state index in [1.807, 2.05) is 37.3 Å². The molecule has 3 N–H and O–H groups in total. The van der Waals surface area contributed by atoms with Gasteiger partial charge in [0.2, 0.25) is 5.91 Å². The van der Waals surface area contributed by atoms with Crippen molar-refractivity contribution in [2.45, 2.75) is 58.6 Å². The average molecular weight is 455 g/mol. The van der Waals surface area contributed by atoms with Gasteiger partial charge in [-0.15, -0.1) is 0 Å². The molecule has 178 valence electrons. The normalized spacial score (nSPS) is 13.0. The number of carbonyl (C=O) groups excluding carboxylic acids is 2. The Balaban J connectivity index is 1.75. The number of carboxylic acid groups (broad SMARTS) is 1. The maximum Gasteiger partial charge on any atom is 0.408 e. The van der Waals surface area contributed by atoms with Crippen LogP contribution in [0.2, 0.25) is 0 Å². The summed E-state index contributed by atoms with van der Waals surface area (Å²) in [5, 5.41) is 14.5. The van der Waals surface area contributed by atoms with Crippen LogP contribution in [-0.4, -0.2) is 41.3 Å². The average Bonchev–Trinajstić information content (AvgIpc) is 2.75. The molecule has 33 heavy (non-hydrogen) atoms. The first-order chi connectivity index (χ1) is 15.5. The Hall–Kier alpha value is -3.35. The summed E-state index contributed by atoms with van der Waals surface area (Å²) in [6.07, 6.45) is 0.436. The molecular formula is C26H34N2O5. The lowest BCUT2D eigenvalue weighted by molar-refractivity contribution is -0.139. The topological polar surface area (TPSA) is 105 Å². The summed E-state index contributed by atoms with van der Waals surface area (Å²) in [5.74, 6) is -1.45. The first-order valence-corrected chi connectivity index (χ1v) is 11.2. The van der Waals surface area contributed by atoms with Crippen molar-refractivity contribution in [1.29, 1.82) is 0 Å². The highest BCUT2D eigenvalue weighted by molar-refractivity contribution is 5.80. The monoisotopic (exact) mass is 454 g/mol. The van der Waals surface area contributed by atoms with Crippen LogP contribution >= 0.6 is 0 Å². The van der Waals surface area contributed by atoms with E-state index in [-0.39, 0.29) is 18.2 Å². The van der Waals surface area contributed by atoms with Crippen molar-refractivity contribution in [3.05, 3.63) is 60.2 Å². The predicted octanol–water partition coefficient (Wildman–Crippen LogP) is 4.41. The molecule has 0 saturated heterocycles. The third-order valence-corrected chi connectivity index (χ3v) is 5.01. The third kappa shape index (κ3) is 9.35. The Kier molecular flexibility index (Phi) is 9.45. The fraction of sp³-hybridized carbons (Fsp3) is 0.423. The van der Waals surface area contributed by atoms with Crippen LogP contribution < -0.4 is 10.6 Å². The van der Waals surface area contributed by atoms with E-state index in [1.54, 1.807) is 20.8 Å². The van der Waals surface area contributed by atoms with Crippen molar-refractivity contribution in [3.8, 4) is 11.1 Å². The van der Waals surface area contributed by atoms with Crippen LogP contribution in [0.25, 0.3) is 11.1 Å². The summed E-state index contributed by atoms with van der Waals surface area (Å²) in [6.45, 7) is 7.31. The number of aliphatic carboxylic acids is 1. The van der Waals surface area contributed by atoms with Gasteiger partial charge in [-0.2, -0.15) is 0 Å². The van der Waals surface area contributed by atoms with Gasteiger partial charge in [0.15, 0.2) is 0 Å². The molecule has 0 bridgehead atoms. The van der Waals surface area contributed by atoms with E-state index in [4.69, 9.17) is 4.74 Å². The molecule has 0 aliphatic carbocycles. The number of rotatable bonds is 10. The maximum absolute atomic E-state index is 12.4. The number of alkyl carbamates (subject to hydrolysis) is 1. The maximum atomic E-state index is 12.4. The van der Waals surface area contributed by atoms with Gasteiger partial charge in [0.25, 0.3) is 0 Å². The van der Waals surface area contributed by atoms with Crippen LogP contribution in [0.15, 0.2) is 54.6 Å². The van der Waals surface area contributed by atoms with Crippen molar-refractivity contribution in [2.24, 2.45) is 5.92 Å². The fourth-order valence-electron chi connectivity index (χ4n) is 3.31. The highest BCUT2D eigenvalue weighted by Crippen LogP contribution is 2.20. The summed E-state index contributed by atoms with van der Waals surface area (Å²) in [5.41, 5.74) is 2.64. The summed E-state index contributed by atoms with van der Waals surface area (Å²) < 4.78 is 5.10. The highest BCUT2D eigenvalue weighted by atomic mass is 16.6. The second kappa shape index (κ2) is 12.0. The minimum Gasteiger partial charge on any atom is -0.480 e. The van der Waals surface area contributed by atoms with E-state index in [9.17, 15) is 19.5 Å². The Bertz CT molecular complexity index is 920. The summed E-state index contributed by atoms with van der Waals surface area (Å²) >= 11 is 0. The van der Waals surface area contributed by atoms with Gasteiger partial charge < -0.3 is 20.5 Å². The summed E-state index contributed by atoms with van der Waals surface area (Å²) in [4.78, 5) is 35.6. The molecule has 0 aliphatic heterocycles. The van der Waals surface area contributed by atoms with Crippen molar-refractivity contribution >= 4 is 18.0 Å². The standard InChI is InChI=1S/C26H34N2O5/c1-18(17-19-12-14-21(15-13-19)20-9-6-5-7-10-20)23(29)27-16-8-11-22(24(30)31)28-25(32)33-26(2,3)4/h5-7,9-10,12-15,18,22H,8,11,16-17H2,1-4H3,(H,27,29)(H,28,32)(H,30,31)/t18-,22-/m1/s1. The molecule has 0 heterocycles. The molecule has 0 spiro atoms. The third-order valence-electron chi connectivity index (χ3n) is 5.01. The van der Waals surface area contributed by atoms with Gasteiger partial charge in [-0.1, -0.05) is 61.5 Å². The lowest BCUT2D eigenvalue weighted by Crippen LogP contribution is -2.43. The van der Waals surface area contributed by atoms with E-state index in [2.05, 4.69) is 34.9 Å². The molecule has 0 radical (unpaired) electrons. The smallest absolute Gasteiger partial charge is 0.408 e. The Morgan fingerprint density at radius 2 is 1.58 bits per heavy atom. The van der Waals surface area contributed by atoms with Crippen LogP contribution in [0.5, 0.6) is 0 Å².